The number of ether oxygens (including phenoxy) is 1. The number of hydrogen-bond donors (Lipinski definition) is 1. The molecule has 0 aliphatic carbocycles. The maximum Gasteiger partial charge on any atom is 0.333 e. The Balaban J connectivity index is 3.31. The molecule has 0 amide bonds. The summed E-state index contributed by atoms with van der Waals surface area (Å²) in [7, 11) is 0. The van der Waals surface area contributed by atoms with Gasteiger partial charge in [0.2, 0.25) is 0 Å². The molecule has 0 aromatic rings. The summed E-state index contributed by atoms with van der Waals surface area (Å²) < 4.78 is 4.52. The predicted molar refractivity (Wildman–Crippen MR) is 36.9 cm³/mol. The van der Waals surface area contributed by atoms with E-state index in [1.807, 2.05) is 0 Å². The highest BCUT2D eigenvalue weighted by Crippen LogP contribution is 1.95. The van der Waals surface area contributed by atoms with Crippen molar-refractivity contribution in [2.24, 2.45) is 0 Å². The van der Waals surface area contributed by atoms with Gasteiger partial charge in [0.1, 0.15) is 6.61 Å². The highest BCUT2D eigenvalue weighted by atomic mass is 16.5. The topological polar surface area (TPSA) is 46.5 Å². The molecule has 0 aromatic carbocycles. The van der Waals surface area contributed by atoms with Gasteiger partial charge in [-0.05, 0) is 6.92 Å². The molecule has 0 atom stereocenters. The zero-order chi connectivity index (χ0) is 7.98. The number of esters is 1. The van der Waals surface area contributed by atoms with E-state index in [-0.39, 0.29) is 6.61 Å². The van der Waals surface area contributed by atoms with E-state index in [4.69, 9.17) is 5.11 Å². The Morgan fingerprint density at radius 2 is 2.40 bits per heavy atom. The quantitative estimate of drug-likeness (QED) is 0.357. The van der Waals surface area contributed by atoms with Gasteiger partial charge in [0.25, 0.3) is 0 Å². The van der Waals surface area contributed by atoms with Crippen molar-refractivity contribution in [2.75, 3.05) is 6.61 Å². The summed E-state index contributed by atoms with van der Waals surface area (Å²) in [6.45, 7) is 6.19. The zero-order valence-corrected chi connectivity index (χ0v) is 5.96. The lowest BCUT2D eigenvalue weighted by molar-refractivity contribution is -0.135. The Kier molecular flexibility index (Phi) is 4.58. The SMILES string of the molecule is C=C(C)C(=O)O[CH]CCO. The van der Waals surface area contributed by atoms with E-state index in [1.165, 1.54) is 6.61 Å². The number of aliphatic hydroxyl groups excluding tert-OH is 1. The smallest absolute Gasteiger partial charge is 0.333 e. The van der Waals surface area contributed by atoms with E-state index in [9.17, 15) is 4.79 Å². The van der Waals surface area contributed by atoms with Gasteiger partial charge in [-0.1, -0.05) is 6.58 Å². The molecule has 10 heavy (non-hydrogen) atoms. The van der Waals surface area contributed by atoms with Crippen LogP contribution in [-0.2, 0) is 9.53 Å². The van der Waals surface area contributed by atoms with Crippen LogP contribution in [0.2, 0.25) is 0 Å². The van der Waals surface area contributed by atoms with Crippen molar-refractivity contribution >= 4 is 5.97 Å². The highest BCUT2D eigenvalue weighted by Gasteiger charge is 2.01. The Morgan fingerprint density at radius 1 is 1.80 bits per heavy atom. The second-order valence-electron chi connectivity index (χ2n) is 1.86. The van der Waals surface area contributed by atoms with Gasteiger partial charge in [-0.15, -0.1) is 0 Å². The van der Waals surface area contributed by atoms with Gasteiger partial charge in [0.05, 0.1) is 0 Å². The molecule has 0 rings (SSSR count). The molecule has 0 saturated carbocycles. The van der Waals surface area contributed by atoms with Crippen molar-refractivity contribution in [1.29, 1.82) is 0 Å². The molecule has 0 fully saturated rings. The lowest BCUT2D eigenvalue weighted by Gasteiger charge is -1.99. The highest BCUT2D eigenvalue weighted by molar-refractivity contribution is 5.87. The molecule has 0 saturated heterocycles. The molecule has 0 unspecified atom stereocenters. The van der Waals surface area contributed by atoms with Crippen LogP contribution in [0.4, 0.5) is 0 Å². The number of aliphatic hydroxyl groups is 1. The Hall–Kier alpha value is -0.830. The van der Waals surface area contributed by atoms with Gasteiger partial charge in [-0.2, -0.15) is 0 Å². The molecule has 0 heterocycles. The number of carbonyl (C=O) groups excluding carboxylic acids is 1. The Morgan fingerprint density at radius 3 is 2.80 bits per heavy atom. The molecule has 0 spiro atoms. The van der Waals surface area contributed by atoms with Crippen LogP contribution in [0.15, 0.2) is 12.2 Å². The van der Waals surface area contributed by atoms with Crippen LogP contribution in [-0.4, -0.2) is 17.7 Å². The molecule has 1 N–H and O–H groups in total. The molecule has 3 nitrogen and oxygen atoms in total. The van der Waals surface area contributed by atoms with Crippen LogP contribution in [0.1, 0.15) is 13.3 Å². The van der Waals surface area contributed by atoms with Crippen molar-refractivity contribution in [3.63, 3.8) is 0 Å². The van der Waals surface area contributed by atoms with Crippen LogP contribution < -0.4 is 0 Å². The number of hydrogen-bond acceptors (Lipinski definition) is 3. The van der Waals surface area contributed by atoms with Gasteiger partial charge in [-0.25, -0.2) is 4.79 Å². The van der Waals surface area contributed by atoms with Crippen molar-refractivity contribution in [3.8, 4) is 0 Å². The molecule has 0 aromatic heterocycles. The van der Waals surface area contributed by atoms with Gasteiger partial charge in [0, 0.05) is 18.6 Å². The fraction of sp³-hybridized carbons (Fsp3) is 0.429. The van der Waals surface area contributed by atoms with Crippen molar-refractivity contribution < 1.29 is 14.6 Å². The summed E-state index contributed by atoms with van der Waals surface area (Å²) in [5.74, 6) is -0.451. The monoisotopic (exact) mass is 143 g/mol. The van der Waals surface area contributed by atoms with Gasteiger partial charge >= 0.3 is 5.97 Å². The second-order valence-corrected chi connectivity index (χ2v) is 1.86. The number of rotatable bonds is 4. The van der Waals surface area contributed by atoms with E-state index in [0.717, 1.165) is 0 Å². The third-order valence-corrected chi connectivity index (χ3v) is 0.786. The van der Waals surface area contributed by atoms with E-state index >= 15 is 0 Å². The van der Waals surface area contributed by atoms with Gasteiger partial charge in [0.15, 0.2) is 0 Å². The summed E-state index contributed by atoms with van der Waals surface area (Å²) in [4.78, 5) is 10.6. The van der Waals surface area contributed by atoms with Crippen molar-refractivity contribution in [2.45, 2.75) is 13.3 Å². The minimum absolute atomic E-state index is 0.0104. The number of carbonyl (C=O) groups is 1. The Labute approximate surface area is 60.3 Å². The zero-order valence-electron chi connectivity index (χ0n) is 5.96. The van der Waals surface area contributed by atoms with Crippen molar-refractivity contribution in [1.82, 2.24) is 0 Å². The first-order chi connectivity index (χ1) is 4.68. The lowest BCUT2D eigenvalue weighted by atomic mass is 10.4. The average molecular weight is 143 g/mol. The van der Waals surface area contributed by atoms with Crippen LogP contribution >= 0.6 is 0 Å². The molecule has 0 aliphatic heterocycles. The van der Waals surface area contributed by atoms with E-state index in [1.54, 1.807) is 6.92 Å². The molecule has 57 valence electrons. The average Bonchev–Trinajstić information content (AvgIpc) is 1.88. The van der Waals surface area contributed by atoms with Gasteiger partial charge in [-0.3, -0.25) is 0 Å². The first-order valence-corrected chi connectivity index (χ1v) is 2.97. The molecule has 3 heteroatoms. The molecule has 0 aliphatic rings. The summed E-state index contributed by atoms with van der Waals surface area (Å²) in [6.07, 6.45) is 0.360. The molecular formula is C7H11O3. The van der Waals surface area contributed by atoms with Gasteiger partial charge < -0.3 is 9.84 Å². The maximum absolute atomic E-state index is 10.6. The van der Waals surface area contributed by atoms with E-state index < -0.39 is 5.97 Å². The fourth-order valence-corrected chi connectivity index (χ4v) is 0.288. The summed E-state index contributed by atoms with van der Waals surface area (Å²) >= 11 is 0. The maximum atomic E-state index is 10.6. The summed E-state index contributed by atoms with van der Waals surface area (Å²) in [5, 5.41) is 8.27. The first-order valence-electron chi connectivity index (χ1n) is 2.97. The normalized spacial score (nSPS) is 9.00. The molecule has 0 bridgehead atoms. The predicted octanol–water partition coefficient (Wildman–Crippen LogP) is 0.650. The van der Waals surface area contributed by atoms with E-state index in [0.29, 0.717) is 12.0 Å². The minimum Gasteiger partial charge on any atom is -0.455 e. The van der Waals surface area contributed by atoms with Crippen LogP contribution in [0.5, 0.6) is 0 Å². The van der Waals surface area contributed by atoms with Crippen LogP contribution in [0.3, 0.4) is 0 Å². The third-order valence-electron chi connectivity index (χ3n) is 0.786. The van der Waals surface area contributed by atoms with E-state index in [2.05, 4.69) is 11.3 Å². The second kappa shape index (κ2) is 4.99. The largest absolute Gasteiger partial charge is 0.455 e. The molecular weight excluding hydrogens is 132 g/mol. The molecule has 1 radical (unpaired) electrons. The first kappa shape index (κ1) is 9.17. The summed E-state index contributed by atoms with van der Waals surface area (Å²) in [5.41, 5.74) is 0.356. The third kappa shape index (κ3) is 4.09. The lowest BCUT2D eigenvalue weighted by Crippen LogP contribution is -2.03. The fourth-order valence-electron chi connectivity index (χ4n) is 0.288. The standard InChI is InChI=1S/C7H11O3/c1-6(2)7(9)10-5-3-4-8/h5,8H,1,3-4H2,2H3. The Bertz CT molecular complexity index is 129. The minimum atomic E-state index is -0.451. The van der Waals surface area contributed by atoms with Crippen LogP contribution in [0, 0.1) is 6.61 Å². The van der Waals surface area contributed by atoms with Crippen LogP contribution in [0.25, 0.3) is 0 Å². The van der Waals surface area contributed by atoms with Crippen molar-refractivity contribution in [3.05, 3.63) is 18.8 Å². The summed E-state index contributed by atoms with van der Waals surface area (Å²) in [6, 6.07) is 0.